The maximum atomic E-state index is 13.7. The fourth-order valence-electron chi connectivity index (χ4n) is 2.00. The third kappa shape index (κ3) is 3.64. The minimum absolute atomic E-state index is 0.229. The number of hydrogen-bond acceptors (Lipinski definition) is 2. The number of thiocarbonyl (C=S) groups is 1. The zero-order chi connectivity index (χ0) is 15.4. The molecule has 0 saturated heterocycles. The molecule has 3 nitrogen and oxygen atoms in total. The molecule has 0 aliphatic heterocycles. The molecule has 1 unspecified atom stereocenters. The van der Waals surface area contributed by atoms with Gasteiger partial charge in [-0.2, -0.15) is 0 Å². The summed E-state index contributed by atoms with van der Waals surface area (Å²) >= 11 is 4.89. The van der Waals surface area contributed by atoms with E-state index >= 15 is 0 Å². The summed E-state index contributed by atoms with van der Waals surface area (Å²) < 4.78 is 13.7. The molecule has 1 amide bonds. The highest BCUT2D eigenvalue weighted by Gasteiger charge is 2.14. The summed E-state index contributed by atoms with van der Waals surface area (Å²) in [7, 11) is 0. The SMILES string of the molecule is CC(NC(=O)c1cccc(C(N)=S)c1)c1ccccc1F. The van der Waals surface area contributed by atoms with E-state index in [9.17, 15) is 9.18 Å². The third-order valence-electron chi connectivity index (χ3n) is 3.13. The van der Waals surface area contributed by atoms with E-state index in [4.69, 9.17) is 18.0 Å². The van der Waals surface area contributed by atoms with Crippen LogP contribution in [0.5, 0.6) is 0 Å². The summed E-state index contributed by atoms with van der Waals surface area (Å²) in [5.41, 5.74) is 7.04. The maximum Gasteiger partial charge on any atom is 0.251 e. The van der Waals surface area contributed by atoms with Gasteiger partial charge in [-0.15, -0.1) is 0 Å². The number of hydrogen-bond donors (Lipinski definition) is 2. The highest BCUT2D eigenvalue weighted by Crippen LogP contribution is 2.17. The molecule has 0 aliphatic rings. The third-order valence-corrected chi connectivity index (χ3v) is 3.36. The van der Waals surface area contributed by atoms with E-state index in [2.05, 4.69) is 5.32 Å². The number of nitrogens with two attached hydrogens (primary N) is 1. The summed E-state index contributed by atoms with van der Waals surface area (Å²) in [5.74, 6) is -0.647. The first-order valence-corrected chi connectivity index (χ1v) is 6.85. The highest BCUT2D eigenvalue weighted by atomic mass is 32.1. The van der Waals surface area contributed by atoms with Crippen LogP contribution >= 0.6 is 12.2 Å². The number of carbonyl (C=O) groups excluding carboxylic acids is 1. The van der Waals surface area contributed by atoms with Crippen LogP contribution in [0.4, 0.5) is 4.39 Å². The zero-order valence-corrected chi connectivity index (χ0v) is 12.3. The average molecular weight is 302 g/mol. The summed E-state index contributed by atoms with van der Waals surface area (Å²) in [6.45, 7) is 1.73. The quantitative estimate of drug-likeness (QED) is 0.854. The lowest BCUT2D eigenvalue weighted by molar-refractivity contribution is 0.0939. The van der Waals surface area contributed by atoms with E-state index in [0.29, 0.717) is 16.7 Å². The lowest BCUT2D eigenvalue weighted by Crippen LogP contribution is -2.27. The Labute approximate surface area is 128 Å². The predicted molar refractivity (Wildman–Crippen MR) is 84.6 cm³/mol. The van der Waals surface area contributed by atoms with Gasteiger partial charge in [-0.3, -0.25) is 4.79 Å². The van der Waals surface area contributed by atoms with Crippen LogP contribution in [-0.2, 0) is 0 Å². The van der Waals surface area contributed by atoms with Crippen molar-refractivity contribution >= 4 is 23.1 Å². The smallest absolute Gasteiger partial charge is 0.251 e. The van der Waals surface area contributed by atoms with E-state index in [1.807, 2.05) is 0 Å². The van der Waals surface area contributed by atoms with Crippen molar-refractivity contribution in [3.8, 4) is 0 Å². The standard InChI is InChI=1S/C16H15FN2OS/c1-10(13-7-2-3-8-14(13)17)19-16(20)12-6-4-5-11(9-12)15(18)21/h2-10H,1H3,(H2,18,21)(H,19,20). The molecule has 5 heteroatoms. The molecule has 0 aliphatic carbocycles. The Balaban J connectivity index is 2.16. The normalized spacial score (nSPS) is 11.7. The Kier molecular flexibility index (Phi) is 4.65. The fourth-order valence-corrected chi connectivity index (χ4v) is 2.12. The maximum absolute atomic E-state index is 13.7. The van der Waals surface area contributed by atoms with Crippen LogP contribution in [-0.4, -0.2) is 10.9 Å². The van der Waals surface area contributed by atoms with Gasteiger partial charge in [0.05, 0.1) is 6.04 Å². The summed E-state index contributed by atoms with van der Waals surface area (Å²) in [5, 5.41) is 2.76. The van der Waals surface area contributed by atoms with Crippen LogP contribution in [0.1, 0.15) is 34.5 Å². The molecule has 0 fully saturated rings. The Morgan fingerprint density at radius 2 is 1.86 bits per heavy atom. The van der Waals surface area contributed by atoms with Gasteiger partial charge in [0.2, 0.25) is 0 Å². The zero-order valence-electron chi connectivity index (χ0n) is 11.5. The van der Waals surface area contributed by atoms with Gasteiger partial charge in [-0.1, -0.05) is 42.5 Å². The van der Waals surface area contributed by atoms with Crippen molar-refractivity contribution in [2.75, 3.05) is 0 Å². The lowest BCUT2D eigenvalue weighted by atomic mass is 10.1. The summed E-state index contributed by atoms with van der Waals surface area (Å²) in [6, 6.07) is 12.6. The minimum Gasteiger partial charge on any atom is -0.389 e. The molecule has 0 radical (unpaired) electrons. The summed E-state index contributed by atoms with van der Waals surface area (Å²) in [6.07, 6.45) is 0. The molecule has 3 N–H and O–H groups in total. The Bertz CT molecular complexity index is 687. The second-order valence-corrected chi connectivity index (χ2v) is 5.10. The number of nitrogens with one attached hydrogen (secondary N) is 1. The number of amides is 1. The highest BCUT2D eigenvalue weighted by molar-refractivity contribution is 7.80. The van der Waals surface area contributed by atoms with Crippen molar-refractivity contribution in [1.82, 2.24) is 5.32 Å². The van der Waals surface area contributed by atoms with Crippen LogP contribution in [0, 0.1) is 5.82 Å². The predicted octanol–water partition coefficient (Wildman–Crippen LogP) is 2.95. The van der Waals surface area contributed by atoms with Crippen LogP contribution in [0.3, 0.4) is 0 Å². The number of halogens is 1. The Morgan fingerprint density at radius 3 is 2.52 bits per heavy atom. The van der Waals surface area contributed by atoms with Gasteiger partial charge in [0.15, 0.2) is 0 Å². The molecule has 0 aromatic heterocycles. The van der Waals surface area contributed by atoms with Gasteiger partial charge in [-0.05, 0) is 25.1 Å². The number of carbonyl (C=O) groups is 1. The molecule has 0 heterocycles. The lowest BCUT2D eigenvalue weighted by Gasteiger charge is -2.15. The molecular weight excluding hydrogens is 287 g/mol. The van der Waals surface area contributed by atoms with Crippen molar-refractivity contribution in [2.24, 2.45) is 5.73 Å². The second-order valence-electron chi connectivity index (χ2n) is 4.66. The van der Waals surface area contributed by atoms with Crippen molar-refractivity contribution in [3.05, 3.63) is 71.0 Å². The van der Waals surface area contributed by atoms with Gasteiger partial charge < -0.3 is 11.1 Å². The fraction of sp³-hybridized carbons (Fsp3) is 0.125. The Morgan fingerprint density at radius 1 is 1.19 bits per heavy atom. The topological polar surface area (TPSA) is 55.1 Å². The van der Waals surface area contributed by atoms with Crippen molar-refractivity contribution in [1.29, 1.82) is 0 Å². The monoisotopic (exact) mass is 302 g/mol. The molecule has 2 aromatic carbocycles. The molecule has 108 valence electrons. The van der Waals surface area contributed by atoms with Crippen molar-refractivity contribution in [2.45, 2.75) is 13.0 Å². The van der Waals surface area contributed by atoms with E-state index in [1.54, 1.807) is 49.4 Å². The first-order valence-electron chi connectivity index (χ1n) is 6.44. The molecule has 0 spiro atoms. The van der Waals surface area contributed by atoms with Crippen LogP contribution < -0.4 is 11.1 Å². The van der Waals surface area contributed by atoms with Gasteiger partial charge in [0, 0.05) is 16.7 Å². The molecule has 2 aromatic rings. The van der Waals surface area contributed by atoms with E-state index < -0.39 is 6.04 Å². The minimum atomic E-state index is -0.438. The van der Waals surface area contributed by atoms with Crippen molar-refractivity contribution in [3.63, 3.8) is 0 Å². The largest absolute Gasteiger partial charge is 0.389 e. The molecular formula is C16H15FN2OS. The van der Waals surface area contributed by atoms with Gasteiger partial charge in [0.25, 0.3) is 5.91 Å². The first-order chi connectivity index (χ1) is 9.99. The Hall–Kier alpha value is -2.27. The summed E-state index contributed by atoms with van der Waals surface area (Å²) in [4.78, 5) is 12.4. The van der Waals surface area contributed by atoms with E-state index in [1.165, 1.54) is 6.07 Å². The number of rotatable bonds is 4. The van der Waals surface area contributed by atoms with E-state index in [-0.39, 0.29) is 16.7 Å². The van der Waals surface area contributed by atoms with Gasteiger partial charge in [-0.25, -0.2) is 4.39 Å². The molecule has 0 bridgehead atoms. The van der Waals surface area contributed by atoms with Gasteiger partial charge >= 0.3 is 0 Å². The van der Waals surface area contributed by atoms with Crippen molar-refractivity contribution < 1.29 is 9.18 Å². The first kappa shape index (κ1) is 15.1. The second kappa shape index (κ2) is 6.45. The molecule has 2 rings (SSSR count). The van der Waals surface area contributed by atoms with Crippen LogP contribution in [0.15, 0.2) is 48.5 Å². The van der Waals surface area contributed by atoms with Crippen LogP contribution in [0.25, 0.3) is 0 Å². The van der Waals surface area contributed by atoms with Crippen LogP contribution in [0.2, 0.25) is 0 Å². The van der Waals surface area contributed by atoms with E-state index in [0.717, 1.165) is 0 Å². The average Bonchev–Trinajstić information content (AvgIpc) is 2.47. The van der Waals surface area contributed by atoms with Gasteiger partial charge in [0.1, 0.15) is 10.8 Å². The molecule has 1 atom stereocenters. The molecule has 21 heavy (non-hydrogen) atoms. The molecule has 0 saturated carbocycles. The number of benzene rings is 2.